The second kappa shape index (κ2) is 2.48. The normalized spacial score (nSPS) is 32.7. The topological polar surface area (TPSA) is 29.5 Å². The number of rotatable bonds is 1. The molecule has 1 heterocycles. The molecular weight excluding hydrogens is 130 g/mol. The summed E-state index contributed by atoms with van der Waals surface area (Å²) >= 11 is 0. The van der Waals surface area contributed by atoms with Gasteiger partial charge >= 0.3 is 6.09 Å². The zero-order valence-electron chi connectivity index (χ0n) is 6.63. The fourth-order valence-electron chi connectivity index (χ4n) is 1.16. The zero-order valence-corrected chi connectivity index (χ0v) is 6.63. The molecule has 0 bridgehead atoms. The summed E-state index contributed by atoms with van der Waals surface area (Å²) in [6.45, 7) is 6.61. The van der Waals surface area contributed by atoms with E-state index >= 15 is 0 Å². The van der Waals surface area contributed by atoms with Crippen molar-refractivity contribution in [3.05, 3.63) is 0 Å². The highest BCUT2D eigenvalue weighted by molar-refractivity contribution is 5.70. The fraction of sp³-hybridized carbons (Fsp3) is 0.857. The first-order valence-corrected chi connectivity index (χ1v) is 3.64. The minimum atomic E-state index is -0.178. The van der Waals surface area contributed by atoms with Gasteiger partial charge in [-0.1, -0.05) is 0 Å². The van der Waals surface area contributed by atoms with E-state index in [2.05, 4.69) is 0 Å². The van der Waals surface area contributed by atoms with Crippen molar-refractivity contribution in [2.75, 3.05) is 6.54 Å². The SMILES string of the molecule is CCN1C(=O)OC(C)[C@@H]1C. The van der Waals surface area contributed by atoms with Crippen LogP contribution in [0.25, 0.3) is 0 Å². The third-order valence-corrected chi connectivity index (χ3v) is 2.03. The van der Waals surface area contributed by atoms with Gasteiger partial charge in [-0.05, 0) is 20.8 Å². The van der Waals surface area contributed by atoms with Crippen molar-refractivity contribution in [1.29, 1.82) is 0 Å². The molecule has 0 N–H and O–H groups in total. The third-order valence-electron chi connectivity index (χ3n) is 2.03. The Morgan fingerprint density at radius 3 is 2.40 bits per heavy atom. The first-order chi connectivity index (χ1) is 4.66. The Bertz CT molecular complexity index is 147. The predicted molar refractivity (Wildman–Crippen MR) is 37.8 cm³/mol. The molecule has 0 aromatic carbocycles. The third kappa shape index (κ3) is 0.958. The van der Waals surface area contributed by atoms with Crippen LogP contribution in [0.3, 0.4) is 0 Å². The minimum absolute atomic E-state index is 0.0486. The summed E-state index contributed by atoms with van der Waals surface area (Å²) in [6, 6.07) is 0.234. The second-order valence-electron chi connectivity index (χ2n) is 2.62. The van der Waals surface area contributed by atoms with Gasteiger partial charge in [0.2, 0.25) is 0 Å². The number of hydrogen-bond donors (Lipinski definition) is 0. The van der Waals surface area contributed by atoms with E-state index in [4.69, 9.17) is 4.74 Å². The molecule has 1 amide bonds. The van der Waals surface area contributed by atoms with Crippen LogP contribution in [0.15, 0.2) is 0 Å². The number of carbonyl (C=O) groups excluding carboxylic acids is 1. The van der Waals surface area contributed by atoms with Crippen molar-refractivity contribution in [3.63, 3.8) is 0 Å². The number of amides is 1. The molecule has 1 fully saturated rings. The maximum Gasteiger partial charge on any atom is 0.410 e. The van der Waals surface area contributed by atoms with E-state index in [1.165, 1.54) is 0 Å². The summed E-state index contributed by atoms with van der Waals surface area (Å²) in [5, 5.41) is 0. The Morgan fingerprint density at radius 2 is 2.20 bits per heavy atom. The largest absolute Gasteiger partial charge is 0.444 e. The number of hydrogen-bond acceptors (Lipinski definition) is 2. The quantitative estimate of drug-likeness (QED) is 0.552. The molecule has 2 atom stereocenters. The number of nitrogens with zero attached hydrogens (tertiary/aromatic N) is 1. The van der Waals surface area contributed by atoms with Gasteiger partial charge in [0.15, 0.2) is 0 Å². The lowest BCUT2D eigenvalue weighted by atomic mass is 10.2. The monoisotopic (exact) mass is 143 g/mol. The summed E-state index contributed by atoms with van der Waals surface area (Å²) in [6.07, 6.45) is -0.130. The van der Waals surface area contributed by atoms with Crippen LogP contribution in [0.4, 0.5) is 4.79 Å². The Hall–Kier alpha value is -0.730. The van der Waals surface area contributed by atoms with Gasteiger partial charge in [-0.3, -0.25) is 0 Å². The van der Waals surface area contributed by atoms with Gasteiger partial charge in [0.25, 0.3) is 0 Å². The molecule has 10 heavy (non-hydrogen) atoms. The highest BCUT2D eigenvalue weighted by Gasteiger charge is 2.34. The van der Waals surface area contributed by atoms with Gasteiger partial charge in [-0.2, -0.15) is 0 Å². The summed E-state index contributed by atoms with van der Waals surface area (Å²) in [5.74, 6) is 0. The molecule has 1 aliphatic rings. The van der Waals surface area contributed by atoms with E-state index in [0.717, 1.165) is 6.54 Å². The lowest BCUT2D eigenvalue weighted by Gasteiger charge is -2.16. The van der Waals surface area contributed by atoms with Gasteiger partial charge in [0, 0.05) is 6.54 Å². The number of carbonyl (C=O) groups is 1. The first kappa shape index (κ1) is 7.38. The van der Waals surface area contributed by atoms with E-state index in [1.807, 2.05) is 20.8 Å². The van der Waals surface area contributed by atoms with Crippen LogP contribution < -0.4 is 0 Å². The standard InChI is InChI=1S/C7H13NO2/c1-4-8-5(2)6(3)10-7(8)9/h5-6H,4H2,1-3H3/t5-,6?/m0/s1. The molecule has 1 rings (SSSR count). The van der Waals surface area contributed by atoms with Crippen LogP contribution in [0.2, 0.25) is 0 Å². The maximum absolute atomic E-state index is 10.9. The Balaban J connectivity index is 2.64. The fourth-order valence-corrected chi connectivity index (χ4v) is 1.16. The van der Waals surface area contributed by atoms with Crippen LogP contribution in [0.1, 0.15) is 20.8 Å². The Kier molecular flexibility index (Phi) is 1.83. The van der Waals surface area contributed by atoms with Crippen molar-refractivity contribution >= 4 is 6.09 Å². The predicted octanol–water partition coefficient (Wildman–Crippen LogP) is 1.24. The Morgan fingerprint density at radius 1 is 1.60 bits per heavy atom. The first-order valence-electron chi connectivity index (χ1n) is 3.64. The molecule has 0 aromatic rings. The van der Waals surface area contributed by atoms with E-state index in [0.29, 0.717) is 0 Å². The number of cyclic esters (lactones) is 1. The van der Waals surface area contributed by atoms with Crippen LogP contribution in [0.5, 0.6) is 0 Å². The van der Waals surface area contributed by atoms with Gasteiger partial charge in [0.05, 0.1) is 6.04 Å². The molecule has 3 nitrogen and oxygen atoms in total. The van der Waals surface area contributed by atoms with E-state index in [9.17, 15) is 4.79 Å². The summed E-state index contributed by atoms with van der Waals surface area (Å²) in [4.78, 5) is 12.7. The average molecular weight is 143 g/mol. The highest BCUT2D eigenvalue weighted by Crippen LogP contribution is 2.17. The van der Waals surface area contributed by atoms with Gasteiger partial charge in [-0.25, -0.2) is 4.79 Å². The highest BCUT2D eigenvalue weighted by atomic mass is 16.6. The summed E-state index contributed by atoms with van der Waals surface area (Å²) in [7, 11) is 0. The smallest absolute Gasteiger partial charge is 0.410 e. The van der Waals surface area contributed by atoms with Crippen LogP contribution in [-0.4, -0.2) is 29.7 Å². The average Bonchev–Trinajstić information content (AvgIpc) is 2.09. The van der Waals surface area contributed by atoms with Crippen molar-refractivity contribution in [3.8, 4) is 0 Å². The molecule has 0 saturated carbocycles. The molecular formula is C7H13NO2. The summed E-state index contributed by atoms with van der Waals surface area (Å²) in [5.41, 5.74) is 0. The van der Waals surface area contributed by atoms with Gasteiger partial charge in [0.1, 0.15) is 6.10 Å². The van der Waals surface area contributed by atoms with Crippen molar-refractivity contribution in [1.82, 2.24) is 4.90 Å². The van der Waals surface area contributed by atoms with E-state index in [-0.39, 0.29) is 18.2 Å². The van der Waals surface area contributed by atoms with Crippen LogP contribution >= 0.6 is 0 Å². The van der Waals surface area contributed by atoms with Gasteiger partial charge < -0.3 is 9.64 Å². The maximum atomic E-state index is 10.9. The van der Waals surface area contributed by atoms with Crippen LogP contribution in [0, 0.1) is 0 Å². The molecule has 58 valence electrons. The van der Waals surface area contributed by atoms with E-state index < -0.39 is 0 Å². The van der Waals surface area contributed by atoms with Crippen molar-refractivity contribution in [2.24, 2.45) is 0 Å². The molecule has 0 spiro atoms. The summed E-state index contributed by atoms with van der Waals surface area (Å²) < 4.78 is 4.96. The van der Waals surface area contributed by atoms with Crippen LogP contribution in [-0.2, 0) is 4.74 Å². The van der Waals surface area contributed by atoms with Crippen molar-refractivity contribution in [2.45, 2.75) is 32.9 Å². The molecule has 0 aromatic heterocycles. The number of ether oxygens (including phenoxy) is 1. The van der Waals surface area contributed by atoms with Crippen molar-refractivity contribution < 1.29 is 9.53 Å². The molecule has 3 heteroatoms. The molecule has 1 saturated heterocycles. The van der Waals surface area contributed by atoms with Gasteiger partial charge in [-0.15, -0.1) is 0 Å². The molecule has 1 unspecified atom stereocenters. The number of likely N-dealkylation sites (N-methyl/N-ethyl adjacent to an activating group) is 1. The lowest BCUT2D eigenvalue weighted by molar-refractivity contribution is 0.137. The second-order valence-corrected chi connectivity index (χ2v) is 2.62. The van der Waals surface area contributed by atoms with E-state index in [1.54, 1.807) is 4.90 Å². The zero-order chi connectivity index (χ0) is 7.72. The molecule has 0 radical (unpaired) electrons. The molecule has 1 aliphatic heterocycles. The molecule has 0 aliphatic carbocycles. The lowest BCUT2D eigenvalue weighted by Crippen LogP contribution is -2.32. The minimum Gasteiger partial charge on any atom is -0.444 e. The Labute approximate surface area is 61.0 Å².